The smallest absolute Gasteiger partial charge is 0.232 e. The highest BCUT2D eigenvalue weighted by Crippen LogP contribution is 2.15. The van der Waals surface area contributed by atoms with Crippen molar-refractivity contribution < 1.29 is 9.53 Å². The first-order chi connectivity index (χ1) is 11.2. The van der Waals surface area contributed by atoms with E-state index in [2.05, 4.69) is 37.8 Å². The highest BCUT2D eigenvalue weighted by Gasteiger charge is 2.22. The summed E-state index contributed by atoms with van der Waals surface area (Å²) >= 11 is 1.62. The van der Waals surface area contributed by atoms with Crippen LogP contribution in [-0.4, -0.2) is 48.1 Å². The van der Waals surface area contributed by atoms with Gasteiger partial charge in [0.05, 0.1) is 11.9 Å². The van der Waals surface area contributed by atoms with Crippen LogP contribution in [0, 0.1) is 6.92 Å². The molecule has 1 aliphatic rings. The Morgan fingerprint density at radius 2 is 2.22 bits per heavy atom. The van der Waals surface area contributed by atoms with Crippen LogP contribution in [0.25, 0.3) is 0 Å². The second kappa shape index (κ2) is 9.78. The number of amides is 1. The minimum absolute atomic E-state index is 0.208. The Morgan fingerprint density at radius 1 is 1.43 bits per heavy atom. The van der Waals surface area contributed by atoms with Gasteiger partial charge in [-0.3, -0.25) is 4.79 Å². The molecular weight excluding hydrogens is 306 g/mol. The number of benzene rings is 1. The molecule has 0 bridgehead atoms. The zero-order chi connectivity index (χ0) is 16.5. The molecule has 1 aromatic rings. The quantitative estimate of drug-likeness (QED) is 0.512. The minimum Gasteiger partial charge on any atom is -0.376 e. The molecule has 1 heterocycles. The minimum atomic E-state index is 0.208. The Balaban J connectivity index is 1.89. The summed E-state index contributed by atoms with van der Waals surface area (Å²) in [5.41, 5.74) is 2.54. The molecule has 4 heteroatoms. The van der Waals surface area contributed by atoms with E-state index in [9.17, 15) is 4.79 Å². The molecule has 0 aromatic heterocycles. The number of ether oxygens (including phenoxy) is 1. The summed E-state index contributed by atoms with van der Waals surface area (Å²) in [6.45, 7) is 8.11. The van der Waals surface area contributed by atoms with E-state index in [1.54, 1.807) is 11.8 Å². The molecule has 1 aromatic carbocycles. The molecule has 1 saturated heterocycles. The van der Waals surface area contributed by atoms with Crippen LogP contribution in [0.4, 0.5) is 0 Å². The molecule has 0 saturated carbocycles. The first-order valence-electron chi connectivity index (χ1n) is 8.32. The Hall–Kier alpha value is -1.26. The summed E-state index contributed by atoms with van der Waals surface area (Å²) in [7, 11) is 0. The van der Waals surface area contributed by atoms with Crippen LogP contribution in [0.5, 0.6) is 0 Å². The predicted molar refractivity (Wildman–Crippen MR) is 98.0 cm³/mol. The second-order valence-corrected chi connectivity index (χ2v) is 7.04. The van der Waals surface area contributed by atoms with Crippen molar-refractivity contribution >= 4 is 17.7 Å². The lowest BCUT2D eigenvalue weighted by atomic mass is 10.1. The van der Waals surface area contributed by atoms with Crippen molar-refractivity contribution in [2.24, 2.45) is 0 Å². The number of hydrogen-bond acceptors (Lipinski definition) is 3. The molecular formula is C19H27NO2S. The van der Waals surface area contributed by atoms with Crippen LogP contribution in [0.1, 0.15) is 24.0 Å². The largest absolute Gasteiger partial charge is 0.376 e. The first kappa shape index (κ1) is 18.1. The van der Waals surface area contributed by atoms with Crippen LogP contribution in [-0.2, 0) is 16.0 Å². The number of carbonyl (C=O) groups is 1. The van der Waals surface area contributed by atoms with Gasteiger partial charge < -0.3 is 9.64 Å². The molecule has 1 fully saturated rings. The van der Waals surface area contributed by atoms with Crippen molar-refractivity contribution in [1.29, 1.82) is 0 Å². The number of nitrogens with zero attached hydrogens (tertiary/aromatic N) is 1. The van der Waals surface area contributed by atoms with Gasteiger partial charge >= 0.3 is 0 Å². The van der Waals surface area contributed by atoms with Crippen molar-refractivity contribution in [1.82, 2.24) is 4.90 Å². The standard InChI is InChI=1S/C19H27NO2S/c1-3-13-23-15-19(21)20(14-18-5-4-12-22-18)11-10-17-8-6-16(2)7-9-17/h3,6-9,18H,1,4-5,10-15H2,2H3/t18-/m0/s1. The summed E-state index contributed by atoms with van der Waals surface area (Å²) in [6.07, 6.45) is 5.12. The first-order valence-corrected chi connectivity index (χ1v) is 9.48. The normalized spacial score (nSPS) is 17.2. The Kier molecular flexibility index (Phi) is 7.69. The Bertz CT molecular complexity index is 495. The van der Waals surface area contributed by atoms with Gasteiger partial charge in [-0.2, -0.15) is 0 Å². The Morgan fingerprint density at radius 3 is 2.87 bits per heavy atom. The number of hydrogen-bond donors (Lipinski definition) is 0. The van der Waals surface area contributed by atoms with Gasteiger partial charge in [0.15, 0.2) is 0 Å². The summed E-state index contributed by atoms with van der Waals surface area (Å²) in [6, 6.07) is 8.55. The van der Waals surface area contributed by atoms with Crippen LogP contribution in [0.3, 0.4) is 0 Å². The summed E-state index contributed by atoms with van der Waals surface area (Å²) in [4.78, 5) is 14.5. The summed E-state index contributed by atoms with van der Waals surface area (Å²) in [5.74, 6) is 1.55. The number of rotatable bonds is 9. The predicted octanol–water partition coefficient (Wildman–Crippen LogP) is 3.46. The zero-order valence-electron chi connectivity index (χ0n) is 14.0. The van der Waals surface area contributed by atoms with Crippen molar-refractivity contribution in [3.8, 4) is 0 Å². The monoisotopic (exact) mass is 333 g/mol. The van der Waals surface area contributed by atoms with E-state index in [0.717, 1.165) is 44.7 Å². The Labute approximate surface area is 144 Å². The van der Waals surface area contributed by atoms with Gasteiger partial charge in [-0.1, -0.05) is 35.9 Å². The maximum absolute atomic E-state index is 12.5. The van der Waals surface area contributed by atoms with Gasteiger partial charge in [-0.05, 0) is 31.7 Å². The number of aryl methyl sites for hydroxylation is 1. The van der Waals surface area contributed by atoms with E-state index < -0.39 is 0 Å². The molecule has 0 spiro atoms. The van der Waals surface area contributed by atoms with Crippen molar-refractivity contribution in [2.45, 2.75) is 32.3 Å². The zero-order valence-corrected chi connectivity index (χ0v) is 14.8. The van der Waals surface area contributed by atoms with Crippen molar-refractivity contribution in [3.63, 3.8) is 0 Å². The fourth-order valence-electron chi connectivity index (χ4n) is 2.69. The van der Waals surface area contributed by atoms with E-state index in [1.807, 2.05) is 11.0 Å². The molecule has 126 valence electrons. The lowest BCUT2D eigenvalue weighted by Gasteiger charge is -2.25. The lowest BCUT2D eigenvalue weighted by molar-refractivity contribution is -0.129. The average Bonchev–Trinajstić information content (AvgIpc) is 3.06. The molecule has 0 aliphatic carbocycles. The maximum atomic E-state index is 12.5. The summed E-state index contributed by atoms with van der Waals surface area (Å²) < 4.78 is 5.71. The van der Waals surface area contributed by atoms with Gasteiger partial charge in [0, 0.05) is 25.4 Å². The van der Waals surface area contributed by atoms with Crippen molar-refractivity contribution in [3.05, 3.63) is 48.0 Å². The third-order valence-corrected chi connectivity index (χ3v) is 4.98. The number of thioether (sulfide) groups is 1. The molecule has 0 N–H and O–H groups in total. The van der Waals surface area contributed by atoms with E-state index in [4.69, 9.17) is 4.74 Å². The van der Waals surface area contributed by atoms with Crippen LogP contribution in [0.15, 0.2) is 36.9 Å². The molecule has 2 rings (SSSR count). The van der Waals surface area contributed by atoms with Crippen LogP contribution in [0.2, 0.25) is 0 Å². The highest BCUT2D eigenvalue weighted by atomic mass is 32.2. The van der Waals surface area contributed by atoms with Gasteiger partial charge in [-0.15, -0.1) is 18.3 Å². The molecule has 1 atom stereocenters. The van der Waals surface area contributed by atoms with Gasteiger partial charge in [0.2, 0.25) is 5.91 Å². The topological polar surface area (TPSA) is 29.5 Å². The van der Waals surface area contributed by atoms with Gasteiger partial charge in [0.25, 0.3) is 0 Å². The molecule has 0 radical (unpaired) electrons. The van der Waals surface area contributed by atoms with Crippen LogP contribution < -0.4 is 0 Å². The maximum Gasteiger partial charge on any atom is 0.232 e. The van der Waals surface area contributed by atoms with E-state index in [0.29, 0.717) is 5.75 Å². The molecule has 3 nitrogen and oxygen atoms in total. The molecule has 23 heavy (non-hydrogen) atoms. The SMILES string of the molecule is C=CCSCC(=O)N(CCc1ccc(C)cc1)C[C@@H]1CCCO1. The molecule has 1 amide bonds. The highest BCUT2D eigenvalue weighted by molar-refractivity contribution is 8.00. The number of carbonyl (C=O) groups excluding carboxylic acids is 1. The van der Waals surface area contributed by atoms with E-state index in [-0.39, 0.29) is 12.0 Å². The fraction of sp³-hybridized carbons (Fsp3) is 0.526. The average molecular weight is 333 g/mol. The lowest BCUT2D eigenvalue weighted by Crippen LogP contribution is -2.39. The fourth-order valence-corrected chi connectivity index (χ4v) is 3.33. The molecule has 1 aliphatic heterocycles. The van der Waals surface area contributed by atoms with Crippen molar-refractivity contribution in [2.75, 3.05) is 31.2 Å². The second-order valence-electron chi connectivity index (χ2n) is 6.01. The molecule has 0 unspecified atom stereocenters. The van der Waals surface area contributed by atoms with E-state index >= 15 is 0 Å². The van der Waals surface area contributed by atoms with E-state index in [1.165, 1.54) is 11.1 Å². The summed E-state index contributed by atoms with van der Waals surface area (Å²) in [5, 5.41) is 0. The third kappa shape index (κ3) is 6.40. The van der Waals surface area contributed by atoms with Crippen LogP contribution >= 0.6 is 11.8 Å². The van der Waals surface area contributed by atoms with Gasteiger partial charge in [-0.25, -0.2) is 0 Å². The van der Waals surface area contributed by atoms with Gasteiger partial charge in [0.1, 0.15) is 0 Å². The third-order valence-electron chi connectivity index (χ3n) is 4.05.